The minimum Gasteiger partial charge on any atom is -0.383 e. The van der Waals surface area contributed by atoms with Crippen LogP contribution in [-0.2, 0) is 13.0 Å². The molecule has 0 saturated carbocycles. The van der Waals surface area contributed by atoms with Crippen molar-refractivity contribution >= 4 is 5.82 Å². The van der Waals surface area contributed by atoms with Crippen molar-refractivity contribution < 1.29 is 0 Å². The van der Waals surface area contributed by atoms with E-state index in [9.17, 15) is 0 Å². The van der Waals surface area contributed by atoms with E-state index in [1.807, 2.05) is 0 Å². The summed E-state index contributed by atoms with van der Waals surface area (Å²) in [6, 6.07) is 6.45. The van der Waals surface area contributed by atoms with Crippen molar-refractivity contribution in [3.05, 3.63) is 35.2 Å². The molecule has 0 saturated heterocycles. The second kappa shape index (κ2) is 6.33. The maximum atomic E-state index is 6.40. The summed E-state index contributed by atoms with van der Waals surface area (Å²) in [6.45, 7) is 11.8. The second-order valence-corrected chi connectivity index (χ2v) is 6.32. The lowest BCUT2D eigenvalue weighted by molar-refractivity contribution is 0.510. The molecule has 1 aromatic carbocycles. The van der Waals surface area contributed by atoms with Crippen LogP contribution in [-0.4, -0.2) is 9.55 Å². The fourth-order valence-corrected chi connectivity index (χ4v) is 2.60. The van der Waals surface area contributed by atoms with Gasteiger partial charge in [0.15, 0.2) is 0 Å². The maximum Gasteiger partial charge on any atom is 0.131 e. The fraction of sp³-hybridized carbons (Fsp3) is 0.500. The Bertz CT molecular complexity index is 624. The van der Waals surface area contributed by atoms with Crippen LogP contribution in [0.2, 0.25) is 0 Å². The van der Waals surface area contributed by atoms with Gasteiger partial charge in [-0.25, -0.2) is 4.98 Å². The van der Waals surface area contributed by atoms with Crippen molar-refractivity contribution in [3.8, 4) is 11.3 Å². The number of rotatable bonds is 5. The van der Waals surface area contributed by atoms with Crippen LogP contribution in [0.5, 0.6) is 0 Å². The average molecular weight is 285 g/mol. The molecule has 0 aliphatic carbocycles. The van der Waals surface area contributed by atoms with Gasteiger partial charge in [0.25, 0.3) is 0 Å². The Kier molecular flexibility index (Phi) is 4.71. The van der Waals surface area contributed by atoms with Crippen LogP contribution in [0.25, 0.3) is 11.3 Å². The van der Waals surface area contributed by atoms with Gasteiger partial charge < -0.3 is 10.3 Å². The standard InChI is InChI=1S/C18H27N3/c1-6-7-16-20-17(18(19)21(16)11-12(2)3)15-9-8-13(4)14(5)10-15/h8-10,12H,6-7,11,19H2,1-5H3. The first-order chi connectivity index (χ1) is 9.93. The summed E-state index contributed by atoms with van der Waals surface area (Å²) in [4.78, 5) is 4.83. The van der Waals surface area contributed by atoms with Gasteiger partial charge in [0.2, 0.25) is 0 Å². The summed E-state index contributed by atoms with van der Waals surface area (Å²) >= 11 is 0. The van der Waals surface area contributed by atoms with Crippen LogP contribution in [0.15, 0.2) is 18.2 Å². The zero-order chi connectivity index (χ0) is 15.6. The molecule has 0 spiro atoms. The number of aromatic nitrogens is 2. The lowest BCUT2D eigenvalue weighted by Crippen LogP contribution is -2.11. The number of imidazole rings is 1. The van der Waals surface area contributed by atoms with Crippen LogP contribution in [0.3, 0.4) is 0 Å². The molecule has 0 unspecified atom stereocenters. The van der Waals surface area contributed by atoms with Gasteiger partial charge in [-0.3, -0.25) is 0 Å². The van der Waals surface area contributed by atoms with Gasteiger partial charge in [0.1, 0.15) is 17.3 Å². The smallest absolute Gasteiger partial charge is 0.131 e. The lowest BCUT2D eigenvalue weighted by atomic mass is 10.0. The van der Waals surface area contributed by atoms with Gasteiger partial charge in [-0.2, -0.15) is 0 Å². The first-order valence-electron chi connectivity index (χ1n) is 7.86. The van der Waals surface area contributed by atoms with E-state index < -0.39 is 0 Å². The van der Waals surface area contributed by atoms with Crippen molar-refractivity contribution in [1.29, 1.82) is 0 Å². The molecule has 0 bridgehead atoms. The summed E-state index contributed by atoms with van der Waals surface area (Å²) in [6.07, 6.45) is 2.06. The number of aryl methyl sites for hydroxylation is 3. The minimum absolute atomic E-state index is 0.560. The SMILES string of the molecule is CCCc1nc(-c2ccc(C)c(C)c2)c(N)n1CC(C)C. The van der Waals surface area contributed by atoms with Gasteiger partial charge in [0, 0.05) is 18.5 Å². The van der Waals surface area contributed by atoms with E-state index in [2.05, 4.69) is 57.4 Å². The van der Waals surface area contributed by atoms with E-state index in [1.165, 1.54) is 11.1 Å². The van der Waals surface area contributed by atoms with Crippen LogP contribution >= 0.6 is 0 Å². The molecule has 2 aromatic rings. The zero-order valence-electron chi connectivity index (χ0n) is 13.9. The quantitative estimate of drug-likeness (QED) is 0.887. The molecule has 0 aliphatic rings. The van der Waals surface area contributed by atoms with E-state index in [1.54, 1.807) is 0 Å². The average Bonchev–Trinajstić information content (AvgIpc) is 2.71. The van der Waals surface area contributed by atoms with E-state index >= 15 is 0 Å². The van der Waals surface area contributed by atoms with E-state index in [4.69, 9.17) is 10.7 Å². The van der Waals surface area contributed by atoms with Gasteiger partial charge in [-0.1, -0.05) is 32.9 Å². The number of hydrogen-bond donors (Lipinski definition) is 1. The predicted octanol–water partition coefficient (Wildman–Crippen LogP) is 4.36. The second-order valence-electron chi connectivity index (χ2n) is 6.32. The number of benzene rings is 1. The van der Waals surface area contributed by atoms with Crippen LogP contribution < -0.4 is 5.73 Å². The molecule has 114 valence electrons. The molecular formula is C18H27N3. The van der Waals surface area contributed by atoms with E-state index in [-0.39, 0.29) is 0 Å². The molecule has 0 fully saturated rings. The normalized spacial score (nSPS) is 11.3. The van der Waals surface area contributed by atoms with Crippen molar-refractivity contribution in [2.45, 2.75) is 54.0 Å². The molecule has 0 amide bonds. The predicted molar refractivity (Wildman–Crippen MR) is 90.4 cm³/mol. The molecule has 1 heterocycles. The molecule has 3 nitrogen and oxygen atoms in total. The summed E-state index contributed by atoms with van der Waals surface area (Å²) < 4.78 is 2.19. The molecule has 0 aliphatic heterocycles. The third-order valence-electron chi connectivity index (χ3n) is 3.89. The van der Waals surface area contributed by atoms with Crippen LogP contribution in [0.1, 0.15) is 44.1 Å². The molecule has 0 atom stereocenters. The van der Waals surface area contributed by atoms with Crippen molar-refractivity contribution in [1.82, 2.24) is 9.55 Å². The monoisotopic (exact) mass is 285 g/mol. The molecule has 2 rings (SSSR count). The maximum absolute atomic E-state index is 6.40. The number of hydrogen-bond acceptors (Lipinski definition) is 2. The summed E-state index contributed by atoms with van der Waals surface area (Å²) in [5.41, 5.74) is 11.0. The molecule has 3 heteroatoms. The number of nitrogens with zero attached hydrogens (tertiary/aromatic N) is 2. The van der Waals surface area contributed by atoms with E-state index in [0.717, 1.165) is 42.3 Å². The molecule has 1 aromatic heterocycles. The van der Waals surface area contributed by atoms with Gasteiger partial charge >= 0.3 is 0 Å². The van der Waals surface area contributed by atoms with Gasteiger partial charge in [-0.05, 0) is 43.4 Å². The van der Waals surface area contributed by atoms with Gasteiger partial charge in [0.05, 0.1) is 0 Å². The molecule has 21 heavy (non-hydrogen) atoms. The Morgan fingerprint density at radius 2 is 1.90 bits per heavy atom. The van der Waals surface area contributed by atoms with E-state index in [0.29, 0.717) is 5.92 Å². The highest BCUT2D eigenvalue weighted by Gasteiger charge is 2.16. The number of nitrogens with two attached hydrogens (primary N) is 1. The molecule has 2 N–H and O–H groups in total. The Balaban J connectivity index is 2.50. The highest BCUT2D eigenvalue weighted by molar-refractivity contribution is 5.72. The first kappa shape index (κ1) is 15.6. The third-order valence-corrected chi connectivity index (χ3v) is 3.89. The Hall–Kier alpha value is -1.77. The summed E-state index contributed by atoms with van der Waals surface area (Å²) in [5.74, 6) is 2.47. The largest absolute Gasteiger partial charge is 0.383 e. The first-order valence-corrected chi connectivity index (χ1v) is 7.86. The minimum atomic E-state index is 0.560. The van der Waals surface area contributed by atoms with Crippen LogP contribution in [0.4, 0.5) is 5.82 Å². The van der Waals surface area contributed by atoms with Crippen molar-refractivity contribution in [3.63, 3.8) is 0 Å². The Morgan fingerprint density at radius 1 is 1.19 bits per heavy atom. The Morgan fingerprint density at radius 3 is 2.48 bits per heavy atom. The summed E-state index contributed by atoms with van der Waals surface area (Å²) in [5, 5.41) is 0. The summed E-state index contributed by atoms with van der Waals surface area (Å²) in [7, 11) is 0. The highest BCUT2D eigenvalue weighted by Crippen LogP contribution is 2.29. The molecular weight excluding hydrogens is 258 g/mol. The molecule has 0 radical (unpaired) electrons. The third kappa shape index (κ3) is 3.29. The highest BCUT2D eigenvalue weighted by atomic mass is 15.1. The fourth-order valence-electron chi connectivity index (χ4n) is 2.60. The van der Waals surface area contributed by atoms with Crippen molar-refractivity contribution in [2.24, 2.45) is 5.92 Å². The Labute approximate surface area is 128 Å². The van der Waals surface area contributed by atoms with Gasteiger partial charge in [-0.15, -0.1) is 0 Å². The number of anilines is 1. The zero-order valence-corrected chi connectivity index (χ0v) is 13.9. The lowest BCUT2D eigenvalue weighted by Gasteiger charge is -2.12. The van der Waals surface area contributed by atoms with Crippen molar-refractivity contribution in [2.75, 3.05) is 5.73 Å². The van der Waals surface area contributed by atoms with Crippen LogP contribution in [0, 0.1) is 19.8 Å². The topological polar surface area (TPSA) is 43.8 Å². The number of nitrogen functional groups attached to an aromatic ring is 1.